The van der Waals surface area contributed by atoms with Gasteiger partial charge in [0, 0.05) is 11.7 Å². The fourth-order valence-electron chi connectivity index (χ4n) is 6.31. The Balaban J connectivity index is 0.00000324. The van der Waals surface area contributed by atoms with Crippen LogP contribution in [0, 0.1) is 12.1 Å². The fourth-order valence-corrected chi connectivity index (χ4v) is 6.31. The molecule has 0 unspecified atom stereocenters. The Labute approximate surface area is 286 Å². The van der Waals surface area contributed by atoms with Gasteiger partial charge < -0.3 is 14.0 Å². The van der Waals surface area contributed by atoms with Crippen LogP contribution in [0.2, 0.25) is 0 Å². The molecule has 224 valence electrons. The van der Waals surface area contributed by atoms with Crippen molar-refractivity contribution in [3.8, 4) is 50.7 Å². The zero-order chi connectivity index (χ0) is 30.5. The molecule has 3 heterocycles. The van der Waals surface area contributed by atoms with E-state index in [2.05, 4.69) is 120 Å². The zero-order valence-electron chi connectivity index (χ0n) is 25.0. The van der Waals surface area contributed by atoms with Crippen molar-refractivity contribution in [1.82, 2.24) is 14.5 Å². The van der Waals surface area contributed by atoms with Gasteiger partial charge in [0.25, 0.3) is 0 Å². The molecule has 4 nitrogen and oxygen atoms in total. The van der Waals surface area contributed by atoms with Crippen molar-refractivity contribution in [2.45, 2.75) is 0 Å². The monoisotopic (exact) mass is 782 g/mol. The second-order valence-electron chi connectivity index (χ2n) is 11.3. The predicted octanol–water partition coefficient (Wildman–Crippen LogP) is 10.6. The average Bonchev–Trinajstić information content (AvgIpc) is 3.71. The van der Waals surface area contributed by atoms with E-state index in [9.17, 15) is 0 Å². The van der Waals surface area contributed by atoms with Gasteiger partial charge >= 0.3 is 21.1 Å². The van der Waals surface area contributed by atoms with Gasteiger partial charge in [0.2, 0.25) is 0 Å². The van der Waals surface area contributed by atoms with Crippen molar-refractivity contribution in [3.05, 3.63) is 164 Å². The summed E-state index contributed by atoms with van der Waals surface area (Å²) in [5, 5.41) is 2.25. The quantitative estimate of drug-likeness (QED) is 0.163. The van der Waals surface area contributed by atoms with Crippen LogP contribution in [0.3, 0.4) is 0 Å². The van der Waals surface area contributed by atoms with E-state index in [1.165, 1.54) is 11.1 Å². The van der Waals surface area contributed by atoms with E-state index in [4.69, 9.17) is 14.4 Å². The van der Waals surface area contributed by atoms with Gasteiger partial charge in [-0.2, -0.15) is 0 Å². The van der Waals surface area contributed by atoms with E-state index >= 15 is 0 Å². The van der Waals surface area contributed by atoms with Crippen LogP contribution in [0.1, 0.15) is 0 Å². The van der Waals surface area contributed by atoms with E-state index in [1.54, 1.807) is 0 Å². The Morgan fingerprint density at radius 1 is 0.553 bits per heavy atom. The maximum Gasteiger partial charge on any atom is 2.00 e. The molecular formula is C42H25N3OPt. The minimum atomic E-state index is 0. The largest absolute Gasteiger partial charge is 2.00 e. The molecule has 0 amide bonds. The second-order valence-corrected chi connectivity index (χ2v) is 11.3. The van der Waals surface area contributed by atoms with Crippen LogP contribution in [-0.4, -0.2) is 14.5 Å². The number of nitrogens with zero attached hydrogens (tertiary/aromatic N) is 3. The van der Waals surface area contributed by atoms with Crippen molar-refractivity contribution in [2.24, 2.45) is 0 Å². The van der Waals surface area contributed by atoms with Crippen LogP contribution in [0.4, 0.5) is 0 Å². The first kappa shape index (κ1) is 28.9. The Morgan fingerprint density at radius 3 is 2.19 bits per heavy atom. The molecule has 0 aliphatic heterocycles. The first-order chi connectivity index (χ1) is 22.8. The average molecular weight is 783 g/mol. The molecule has 3 aromatic heterocycles. The van der Waals surface area contributed by atoms with Gasteiger partial charge in [-0.25, -0.2) is 0 Å². The van der Waals surface area contributed by atoms with Crippen molar-refractivity contribution in [2.75, 3.05) is 0 Å². The molecule has 0 spiro atoms. The number of aromatic nitrogens is 3. The topological polar surface area (TPSA) is 43.9 Å². The van der Waals surface area contributed by atoms with E-state index in [-0.39, 0.29) is 21.1 Å². The minimum absolute atomic E-state index is 0. The molecule has 47 heavy (non-hydrogen) atoms. The Bertz CT molecular complexity index is 2500. The second kappa shape index (κ2) is 12.0. The Kier molecular flexibility index (Phi) is 7.36. The first-order valence-electron chi connectivity index (χ1n) is 15.3. The van der Waals surface area contributed by atoms with Gasteiger partial charge in [0.05, 0.1) is 5.52 Å². The summed E-state index contributed by atoms with van der Waals surface area (Å²) < 4.78 is 8.34. The summed E-state index contributed by atoms with van der Waals surface area (Å²) in [6.45, 7) is 0. The number of benzene rings is 6. The van der Waals surface area contributed by atoms with Crippen LogP contribution < -0.4 is 0 Å². The summed E-state index contributed by atoms with van der Waals surface area (Å²) in [4.78, 5) is 9.60. The molecule has 0 atom stereocenters. The number of rotatable bonds is 5. The summed E-state index contributed by atoms with van der Waals surface area (Å²) in [5.74, 6) is 0.550. The number of fused-ring (bicyclic) bond motifs is 4. The van der Waals surface area contributed by atoms with E-state index in [0.29, 0.717) is 5.89 Å². The summed E-state index contributed by atoms with van der Waals surface area (Å²) in [6, 6.07) is 57.3. The fraction of sp³-hybridized carbons (Fsp3) is 0. The molecule has 0 aliphatic rings. The molecule has 0 bridgehead atoms. The third-order valence-corrected chi connectivity index (χ3v) is 8.49. The predicted molar refractivity (Wildman–Crippen MR) is 186 cm³/mol. The molecule has 5 heteroatoms. The number of hydrogen-bond acceptors (Lipinski definition) is 3. The first-order valence-corrected chi connectivity index (χ1v) is 15.3. The molecule has 6 aromatic carbocycles. The number of oxazole rings is 1. The zero-order valence-corrected chi connectivity index (χ0v) is 27.3. The van der Waals surface area contributed by atoms with Crippen LogP contribution >= 0.6 is 0 Å². The van der Waals surface area contributed by atoms with E-state index in [0.717, 1.165) is 66.5 Å². The number of para-hydroxylation sites is 3. The third-order valence-electron chi connectivity index (χ3n) is 8.49. The Morgan fingerprint density at radius 2 is 1.32 bits per heavy atom. The van der Waals surface area contributed by atoms with Crippen molar-refractivity contribution in [3.63, 3.8) is 0 Å². The van der Waals surface area contributed by atoms with Crippen molar-refractivity contribution < 1.29 is 25.5 Å². The van der Waals surface area contributed by atoms with Crippen LogP contribution in [0.5, 0.6) is 0 Å². The van der Waals surface area contributed by atoms with Crippen LogP contribution in [-0.2, 0) is 21.1 Å². The van der Waals surface area contributed by atoms with Gasteiger partial charge in [0.1, 0.15) is 11.5 Å². The third kappa shape index (κ3) is 5.08. The molecule has 0 fully saturated rings. The van der Waals surface area contributed by atoms with Gasteiger partial charge in [0.15, 0.2) is 0 Å². The molecule has 0 saturated heterocycles. The molecule has 9 aromatic rings. The van der Waals surface area contributed by atoms with Gasteiger partial charge in [-0.3, -0.25) is 4.98 Å². The summed E-state index contributed by atoms with van der Waals surface area (Å²) in [7, 11) is 0. The molecule has 9 rings (SSSR count). The van der Waals surface area contributed by atoms with E-state index in [1.807, 2.05) is 48.7 Å². The summed E-state index contributed by atoms with van der Waals surface area (Å²) in [5.41, 5.74) is 11.7. The standard InChI is InChI=1S/C42H25N3O.Pt/c1-2-10-28(11-3-1)29-19-21-30(22-20-29)34-15-9-25-43-41(34)31-12-8-13-33(26-31)45-38-17-6-4-14-35(38)36-24-23-32(27-39(36)45)42-44-37-16-5-7-18-40(37)46-42;/h1-25H;/q-2;+2. The maximum absolute atomic E-state index is 6.12. The molecule has 0 aliphatic carbocycles. The smallest absolute Gasteiger partial charge is 0.481 e. The molecule has 0 radical (unpaired) electrons. The molecule has 0 saturated carbocycles. The summed E-state index contributed by atoms with van der Waals surface area (Å²) >= 11 is 0. The van der Waals surface area contributed by atoms with Crippen molar-refractivity contribution in [1.29, 1.82) is 0 Å². The molecular weight excluding hydrogens is 758 g/mol. The van der Waals surface area contributed by atoms with Gasteiger partial charge in [-0.15, -0.1) is 48.0 Å². The summed E-state index contributed by atoms with van der Waals surface area (Å²) in [6.07, 6.45) is 1.85. The van der Waals surface area contributed by atoms with Gasteiger partial charge in [-0.1, -0.05) is 102 Å². The molecule has 0 N–H and O–H groups in total. The Hall–Kier alpha value is -5.57. The minimum Gasteiger partial charge on any atom is -0.481 e. The normalized spacial score (nSPS) is 11.2. The maximum atomic E-state index is 6.12. The van der Waals surface area contributed by atoms with Crippen LogP contribution in [0.25, 0.3) is 83.6 Å². The van der Waals surface area contributed by atoms with Crippen molar-refractivity contribution >= 4 is 32.9 Å². The SMILES string of the molecule is [Pt+2].[c-]1c(-c2ncccc2-c2ccc(-c3ccccc3)cc2)cccc1-n1c2[c-]c(-c3nc4ccccc4o3)ccc2c2ccccc21. The number of hydrogen-bond donors (Lipinski definition) is 0. The van der Waals surface area contributed by atoms with Gasteiger partial charge in [-0.05, 0) is 68.8 Å². The number of pyridine rings is 1. The van der Waals surface area contributed by atoms with Crippen LogP contribution in [0.15, 0.2) is 156 Å². The van der Waals surface area contributed by atoms with E-state index < -0.39 is 0 Å².